The van der Waals surface area contributed by atoms with Gasteiger partial charge in [0.1, 0.15) is 12.4 Å². The third kappa shape index (κ3) is 6.28. The Morgan fingerprint density at radius 1 is 1.26 bits per heavy atom. The second kappa shape index (κ2) is 9.37. The summed E-state index contributed by atoms with van der Waals surface area (Å²) < 4.78 is 65.7. The Morgan fingerprint density at radius 3 is 2.65 bits per heavy atom. The minimum Gasteiger partial charge on any atom is -0.325 e. The highest BCUT2D eigenvalue weighted by Gasteiger charge is 2.29. The number of imidazole rings is 1. The Balaban J connectivity index is 1.59. The van der Waals surface area contributed by atoms with Gasteiger partial charge in [0.2, 0.25) is 15.9 Å². The lowest BCUT2D eigenvalue weighted by Crippen LogP contribution is -2.31. The summed E-state index contributed by atoms with van der Waals surface area (Å²) in [5.74, 6) is -0.238. The van der Waals surface area contributed by atoms with Crippen molar-refractivity contribution in [2.45, 2.75) is 37.0 Å². The first kappa shape index (κ1) is 23.2. The smallest absolute Gasteiger partial charge is 0.325 e. The molecule has 1 aliphatic rings. The SMILES string of the molecule is CN(CC(=O)Nc1cccc(S(=O)(=O)N2CCCC2)c1)Cc1nccn1CC(F)(F)F. The molecule has 1 aliphatic heterocycles. The molecule has 2 heterocycles. The van der Waals surface area contributed by atoms with Crippen LogP contribution in [0.1, 0.15) is 18.7 Å². The summed E-state index contributed by atoms with van der Waals surface area (Å²) >= 11 is 0. The third-order valence-corrected chi connectivity index (χ3v) is 6.69. The van der Waals surface area contributed by atoms with Crippen molar-refractivity contribution in [3.8, 4) is 0 Å². The first-order valence-electron chi connectivity index (χ1n) is 9.70. The molecule has 1 amide bonds. The van der Waals surface area contributed by atoms with Crippen molar-refractivity contribution in [3.05, 3.63) is 42.5 Å². The van der Waals surface area contributed by atoms with E-state index in [1.807, 2.05) is 0 Å². The van der Waals surface area contributed by atoms with Gasteiger partial charge in [-0.2, -0.15) is 17.5 Å². The number of carbonyl (C=O) groups excluding carboxylic acids is 1. The highest BCUT2D eigenvalue weighted by atomic mass is 32.2. The molecule has 0 bridgehead atoms. The maximum atomic E-state index is 12.7. The lowest BCUT2D eigenvalue weighted by atomic mass is 10.3. The van der Waals surface area contributed by atoms with Gasteiger partial charge in [-0.05, 0) is 38.1 Å². The lowest BCUT2D eigenvalue weighted by molar-refractivity contribution is -0.141. The molecule has 12 heteroatoms. The van der Waals surface area contributed by atoms with Crippen molar-refractivity contribution in [1.82, 2.24) is 18.8 Å². The van der Waals surface area contributed by atoms with E-state index in [1.54, 1.807) is 19.2 Å². The zero-order chi connectivity index (χ0) is 22.6. The van der Waals surface area contributed by atoms with Crippen molar-refractivity contribution < 1.29 is 26.4 Å². The van der Waals surface area contributed by atoms with Crippen molar-refractivity contribution in [1.29, 1.82) is 0 Å². The Hall–Kier alpha value is -2.44. The average molecular weight is 459 g/mol. The molecule has 170 valence electrons. The van der Waals surface area contributed by atoms with Gasteiger partial charge in [0.15, 0.2) is 0 Å². The molecular formula is C19H24F3N5O3S. The minimum atomic E-state index is -4.37. The number of rotatable bonds is 8. The number of halogens is 3. The van der Waals surface area contributed by atoms with Crippen LogP contribution in [0.4, 0.5) is 18.9 Å². The number of nitrogens with zero attached hydrogens (tertiary/aromatic N) is 4. The summed E-state index contributed by atoms with van der Waals surface area (Å²) in [6, 6.07) is 6.02. The number of carbonyl (C=O) groups is 1. The third-order valence-electron chi connectivity index (χ3n) is 4.80. The van der Waals surface area contributed by atoms with Crippen LogP contribution < -0.4 is 5.32 Å². The molecule has 0 atom stereocenters. The van der Waals surface area contributed by atoms with E-state index in [-0.39, 0.29) is 23.8 Å². The maximum Gasteiger partial charge on any atom is 0.406 e. The fourth-order valence-corrected chi connectivity index (χ4v) is 4.95. The fraction of sp³-hybridized carbons (Fsp3) is 0.474. The molecular weight excluding hydrogens is 435 g/mol. The first-order chi connectivity index (χ1) is 14.5. The van der Waals surface area contributed by atoms with Crippen LogP contribution in [-0.2, 0) is 27.9 Å². The summed E-state index contributed by atoms with van der Waals surface area (Å²) in [5.41, 5.74) is 0.331. The first-order valence-corrected chi connectivity index (χ1v) is 11.1. The molecule has 3 rings (SSSR count). The summed E-state index contributed by atoms with van der Waals surface area (Å²) in [6.07, 6.45) is -0.206. The maximum absolute atomic E-state index is 12.7. The van der Waals surface area contributed by atoms with Crippen molar-refractivity contribution >= 4 is 21.6 Å². The van der Waals surface area contributed by atoms with Crippen LogP contribution >= 0.6 is 0 Å². The van der Waals surface area contributed by atoms with E-state index in [0.717, 1.165) is 17.4 Å². The number of amides is 1. The molecule has 0 aliphatic carbocycles. The van der Waals surface area contributed by atoms with Crippen molar-refractivity contribution in [2.24, 2.45) is 0 Å². The molecule has 2 aromatic rings. The number of sulfonamides is 1. The van der Waals surface area contributed by atoms with Crippen LogP contribution in [0.3, 0.4) is 0 Å². The van der Waals surface area contributed by atoms with Gasteiger partial charge in [0.25, 0.3) is 0 Å². The molecule has 1 N–H and O–H groups in total. The summed E-state index contributed by atoms with van der Waals surface area (Å²) in [6.45, 7) is -0.260. The molecule has 8 nitrogen and oxygen atoms in total. The van der Waals surface area contributed by atoms with Gasteiger partial charge in [-0.15, -0.1) is 0 Å². The van der Waals surface area contributed by atoms with E-state index in [2.05, 4.69) is 10.3 Å². The van der Waals surface area contributed by atoms with Crippen LogP contribution in [0.2, 0.25) is 0 Å². The van der Waals surface area contributed by atoms with Gasteiger partial charge in [0.05, 0.1) is 18.0 Å². The molecule has 31 heavy (non-hydrogen) atoms. The molecule has 0 spiro atoms. The molecule has 0 unspecified atom stereocenters. The van der Waals surface area contributed by atoms with Crippen LogP contribution in [0.15, 0.2) is 41.6 Å². The average Bonchev–Trinajstić information content (AvgIpc) is 3.33. The molecule has 0 radical (unpaired) electrons. The minimum absolute atomic E-state index is 0.0415. The van der Waals surface area contributed by atoms with E-state index in [9.17, 15) is 26.4 Å². The van der Waals surface area contributed by atoms with Crippen LogP contribution in [0.25, 0.3) is 0 Å². The van der Waals surface area contributed by atoms with E-state index in [4.69, 9.17) is 0 Å². The van der Waals surface area contributed by atoms with Crippen LogP contribution in [-0.4, -0.2) is 65.9 Å². The normalized spacial score (nSPS) is 15.5. The number of hydrogen-bond donors (Lipinski definition) is 1. The Bertz CT molecular complexity index is 1020. The highest BCUT2D eigenvalue weighted by Crippen LogP contribution is 2.23. The Kier molecular flexibility index (Phi) is 7.02. The highest BCUT2D eigenvalue weighted by molar-refractivity contribution is 7.89. The monoisotopic (exact) mass is 459 g/mol. The molecule has 1 aromatic heterocycles. The van der Waals surface area contributed by atoms with Crippen LogP contribution in [0.5, 0.6) is 0 Å². The van der Waals surface area contributed by atoms with Crippen LogP contribution in [0, 0.1) is 0 Å². The Labute approximate surface area is 178 Å². The Morgan fingerprint density at radius 2 is 1.97 bits per heavy atom. The van der Waals surface area contributed by atoms with E-state index < -0.39 is 28.7 Å². The van der Waals surface area contributed by atoms with Gasteiger partial charge in [-0.25, -0.2) is 13.4 Å². The number of hydrogen-bond acceptors (Lipinski definition) is 5. The zero-order valence-electron chi connectivity index (χ0n) is 17.0. The van der Waals surface area contributed by atoms with Gasteiger partial charge in [-0.1, -0.05) is 6.07 Å². The van der Waals surface area contributed by atoms with Gasteiger partial charge < -0.3 is 9.88 Å². The summed E-state index contributed by atoms with van der Waals surface area (Å²) in [7, 11) is -2.02. The lowest BCUT2D eigenvalue weighted by Gasteiger charge is -2.18. The topological polar surface area (TPSA) is 87.5 Å². The predicted octanol–water partition coefficient (Wildman–Crippen LogP) is 2.30. The second-order valence-electron chi connectivity index (χ2n) is 7.45. The number of benzene rings is 1. The molecule has 0 saturated carbocycles. The van der Waals surface area contributed by atoms with Gasteiger partial charge in [-0.3, -0.25) is 9.69 Å². The van der Waals surface area contributed by atoms with E-state index >= 15 is 0 Å². The molecule has 1 saturated heterocycles. The zero-order valence-corrected chi connectivity index (χ0v) is 17.8. The van der Waals surface area contributed by atoms with Crippen molar-refractivity contribution in [3.63, 3.8) is 0 Å². The number of alkyl halides is 3. The predicted molar refractivity (Wildman–Crippen MR) is 108 cm³/mol. The number of likely N-dealkylation sites (N-methyl/N-ethyl adjacent to an activating group) is 1. The summed E-state index contributed by atoms with van der Waals surface area (Å²) in [5, 5.41) is 2.64. The van der Waals surface area contributed by atoms with E-state index in [1.165, 1.54) is 33.7 Å². The molecule has 1 aromatic carbocycles. The number of anilines is 1. The largest absolute Gasteiger partial charge is 0.406 e. The fourth-order valence-electron chi connectivity index (χ4n) is 3.38. The number of aromatic nitrogens is 2. The number of nitrogens with one attached hydrogen (secondary N) is 1. The second-order valence-corrected chi connectivity index (χ2v) is 9.38. The quantitative estimate of drug-likeness (QED) is 0.655. The molecule has 1 fully saturated rings. The standard InChI is InChI=1S/C19H24F3N5O3S/c1-25(12-17-23-7-10-26(17)14-19(20,21)22)13-18(28)24-15-5-4-6-16(11-15)31(29,30)27-8-2-3-9-27/h4-7,10-11H,2-3,8-9,12-14H2,1H3,(H,24,28). The van der Waals surface area contributed by atoms with E-state index in [0.29, 0.717) is 18.8 Å². The van der Waals surface area contributed by atoms with Crippen molar-refractivity contribution in [2.75, 3.05) is 32.0 Å². The summed E-state index contributed by atoms with van der Waals surface area (Å²) in [4.78, 5) is 17.9. The van der Waals surface area contributed by atoms with Gasteiger partial charge >= 0.3 is 6.18 Å². The van der Waals surface area contributed by atoms with Gasteiger partial charge in [0, 0.05) is 31.2 Å².